The lowest BCUT2D eigenvalue weighted by molar-refractivity contribution is 0.143. The predicted octanol–water partition coefficient (Wildman–Crippen LogP) is 2.77. The van der Waals surface area contributed by atoms with Crippen molar-refractivity contribution >= 4 is 29.9 Å². The lowest BCUT2D eigenvalue weighted by Gasteiger charge is -2.11. The number of nitrogens with one attached hydrogen (secondary N) is 2. The highest BCUT2D eigenvalue weighted by molar-refractivity contribution is 14.0. The molecule has 0 radical (unpaired) electrons. The Morgan fingerprint density at radius 2 is 2.11 bits per heavy atom. The Bertz CT molecular complexity index is 249. The first-order chi connectivity index (χ1) is 8.81. The number of nitrogens with zero attached hydrogens (tertiary/aromatic N) is 1. The summed E-state index contributed by atoms with van der Waals surface area (Å²) < 4.78 is 5.31. The van der Waals surface area contributed by atoms with E-state index in [2.05, 4.69) is 22.5 Å². The number of ether oxygens (including phenoxy) is 1. The third-order valence-corrected chi connectivity index (χ3v) is 3.34. The minimum absolute atomic E-state index is 0. The van der Waals surface area contributed by atoms with Crippen LogP contribution < -0.4 is 10.6 Å². The van der Waals surface area contributed by atoms with Gasteiger partial charge in [0.25, 0.3) is 0 Å². The van der Waals surface area contributed by atoms with Gasteiger partial charge < -0.3 is 15.4 Å². The predicted molar refractivity (Wildman–Crippen MR) is 92.4 cm³/mol. The first-order valence-corrected chi connectivity index (χ1v) is 7.36. The molecule has 0 aromatic carbocycles. The first-order valence-electron chi connectivity index (χ1n) is 7.36. The molecule has 114 valence electrons. The molecule has 1 aliphatic carbocycles. The number of hydrogen-bond acceptors (Lipinski definition) is 2. The van der Waals surface area contributed by atoms with Gasteiger partial charge in [0.2, 0.25) is 0 Å². The van der Waals surface area contributed by atoms with E-state index < -0.39 is 0 Å². The van der Waals surface area contributed by atoms with E-state index in [4.69, 9.17) is 4.74 Å². The standard InChI is InChI=1S/C14H29N3O.HI/c1-4-8-12-11-13(12)17-14(15-3)16-9-6-7-10-18-5-2;/h12-13H,4-11H2,1-3H3,(H2,15,16,17);1H. The van der Waals surface area contributed by atoms with Crippen LogP contribution in [0.25, 0.3) is 0 Å². The van der Waals surface area contributed by atoms with Gasteiger partial charge in [-0.1, -0.05) is 13.3 Å². The Hall–Kier alpha value is -0.0400. The van der Waals surface area contributed by atoms with Crippen LogP contribution >= 0.6 is 24.0 Å². The van der Waals surface area contributed by atoms with Crippen LogP contribution in [-0.2, 0) is 4.74 Å². The lowest BCUT2D eigenvalue weighted by Crippen LogP contribution is -2.39. The van der Waals surface area contributed by atoms with Crippen molar-refractivity contribution in [1.29, 1.82) is 0 Å². The van der Waals surface area contributed by atoms with E-state index >= 15 is 0 Å². The number of rotatable bonds is 9. The van der Waals surface area contributed by atoms with Crippen LogP contribution in [0.3, 0.4) is 0 Å². The molecule has 2 unspecified atom stereocenters. The maximum atomic E-state index is 5.31. The molecule has 2 N–H and O–H groups in total. The Labute approximate surface area is 135 Å². The van der Waals surface area contributed by atoms with E-state index in [1.54, 1.807) is 0 Å². The molecule has 1 fully saturated rings. The lowest BCUT2D eigenvalue weighted by atomic mass is 10.2. The van der Waals surface area contributed by atoms with Crippen molar-refractivity contribution in [3.63, 3.8) is 0 Å². The number of guanidine groups is 1. The Morgan fingerprint density at radius 3 is 2.74 bits per heavy atom. The van der Waals surface area contributed by atoms with E-state index in [0.717, 1.165) is 44.5 Å². The summed E-state index contributed by atoms with van der Waals surface area (Å²) in [4.78, 5) is 4.26. The summed E-state index contributed by atoms with van der Waals surface area (Å²) in [5.74, 6) is 1.82. The quantitative estimate of drug-likeness (QED) is 0.279. The van der Waals surface area contributed by atoms with Crippen LogP contribution in [-0.4, -0.2) is 38.8 Å². The molecule has 19 heavy (non-hydrogen) atoms. The molecule has 4 nitrogen and oxygen atoms in total. The molecule has 1 saturated carbocycles. The highest BCUT2D eigenvalue weighted by Crippen LogP contribution is 2.34. The second-order valence-corrected chi connectivity index (χ2v) is 4.94. The third-order valence-electron chi connectivity index (χ3n) is 3.34. The Kier molecular flexibility index (Phi) is 11.7. The summed E-state index contributed by atoms with van der Waals surface area (Å²) in [6.45, 7) is 6.94. The van der Waals surface area contributed by atoms with Gasteiger partial charge in [0, 0.05) is 32.8 Å². The van der Waals surface area contributed by atoms with Gasteiger partial charge in [-0.3, -0.25) is 4.99 Å². The van der Waals surface area contributed by atoms with Crippen molar-refractivity contribution in [2.75, 3.05) is 26.8 Å². The van der Waals surface area contributed by atoms with Gasteiger partial charge in [-0.2, -0.15) is 0 Å². The fraction of sp³-hybridized carbons (Fsp3) is 0.929. The first kappa shape index (κ1) is 19.0. The smallest absolute Gasteiger partial charge is 0.191 e. The molecule has 2 atom stereocenters. The molecule has 0 aromatic heterocycles. The van der Waals surface area contributed by atoms with Crippen LogP contribution in [0.1, 0.15) is 46.0 Å². The molecular formula is C14H30IN3O. The van der Waals surface area contributed by atoms with Gasteiger partial charge in [0.15, 0.2) is 5.96 Å². The molecule has 0 heterocycles. The summed E-state index contributed by atoms with van der Waals surface area (Å²) in [5, 5.41) is 6.85. The van der Waals surface area contributed by atoms with Crippen LogP contribution in [0.5, 0.6) is 0 Å². The SMILES string of the molecule is CCCC1CC1NC(=NC)NCCCCOCC.I. The minimum atomic E-state index is 0. The van der Waals surface area contributed by atoms with Crippen LogP contribution in [0.2, 0.25) is 0 Å². The summed E-state index contributed by atoms with van der Waals surface area (Å²) in [6, 6.07) is 0.652. The van der Waals surface area contributed by atoms with Gasteiger partial charge >= 0.3 is 0 Å². The fourth-order valence-corrected chi connectivity index (χ4v) is 2.16. The zero-order valence-electron chi connectivity index (χ0n) is 12.6. The van der Waals surface area contributed by atoms with Crippen LogP contribution in [0.15, 0.2) is 4.99 Å². The molecule has 0 amide bonds. The summed E-state index contributed by atoms with van der Waals surface area (Å²) in [7, 11) is 1.84. The van der Waals surface area contributed by atoms with Crippen molar-refractivity contribution in [3.05, 3.63) is 0 Å². The van der Waals surface area contributed by atoms with Crippen molar-refractivity contribution in [2.24, 2.45) is 10.9 Å². The van der Waals surface area contributed by atoms with Gasteiger partial charge in [0.05, 0.1) is 0 Å². The molecule has 5 heteroatoms. The molecule has 0 bridgehead atoms. The zero-order chi connectivity index (χ0) is 13.2. The van der Waals surface area contributed by atoms with Gasteiger partial charge in [-0.15, -0.1) is 24.0 Å². The summed E-state index contributed by atoms with van der Waals surface area (Å²) in [5.41, 5.74) is 0. The topological polar surface area (TPSA) is 45.7 Å². The van der Waals surface area contributed by atoms with E-state index in [1.807, 2.05) is 14.0 Å². The summed E-state index contributed by atoms with van der Waals surface area (Å²) in [6.07, 6.45) is 6.16. The number of unbranched alkanes of at least 4 members (excludes halogenated alkanes) is 1. The highest BCUT2D eigenvalue weighted by atomic mass is 127. The maximum Gasteiger partial charge on any atom is 0.191 e. The van der Waals surface area contributed by atoms with Gasteiger partial charge in [0.1, 0.15) is 0 Å². The second kappa shape index (κ2) is 11.8. The number of aliphatic imine (C=N–C) groups is 1. The van der Waals surface area contributed by atoms with E-state index in [9.17, 15) is 0 Å². The summed E-state index contributed by atoms with van der Waals surface area (Å²) >= 11 is 0. The zero-order valence-corrected chi connectivity index (χ0v) is 14.9. The van der Waals surface area contributed by atoms with E-state index in [1.165, 1.54) is 19.3 Å². The van der Waals surface area contributed by atoms with Crippen molar-refractivity contribution < 1.29 is 4.74 Å². The van der Waals surface area contributed by atoms with Crippen LogP contribution in [0, 0.1) is 5.92 Å². The molecule has 0 aromatic rings. The van der Waals surface area contributed by atoms with E-state index in [0.29, 0.717) is 6.04 Å². The monoisotopic (exact) mass is 383 g/mol. The fourth-order valence-electron chi connectivity index (χ4n) is 2.16. The minimum Gasteiger partial charge on any atom is -0.382 e. The normalized spacial score (nSPS) is 21.7. The second-order valence-electron chi connectivity index (χ2n) is 4.94. The molecule has 0 aliphatic heterocycles. The Balaban J connectivity index is 0.00000324. The van der Waals surface area contributed by atoms with Crippen molar-refractivity contribution in [1.82, 2.24) is 10.6 Å². The van der Waals surface area contributed by atoms with Gasteiger partial charge in [-0.25, -0.2) is 0 Å². The number of hydrogen-bond donors (Lipinski definition) is 2. The largest absolute Gasteiger partial charge is 0.382 e. The Morgan fingerprint density at radius 1 is 1.32 bits per heavy atom. The third kappa shape index (κ3) is 8.68. The average molecular weight is 383 g/mol. The molecule has 1 rings (SSSR count). The number of halogens is 1. The van der Waals surface area contributed by atoms with Gasteiger partial charge in [-0.05, 0) is 38.5 Å². The van der Waals surface area contributed by atoms with Crippen LogP contribution in [0.4, 0.5) is 0 Å². The highest BCUT2D eigenvalue weighted by Gasteiger charge is 2.36. The molecular weight excluding hydrogens is 353 g/mol. The van der Waals surface area contributed by atoms with Crippen molar-refractivity contribution in [2.45, 2.75) is 52.0 Å². The molecule has 0 saturated heterocycles. The maximum absolute atomic E-state index is 5.31. The molecule has 1 aliphatic rings. The van der Waals surface area contributed by atoms with E-state index in [-0.39, 0.29) is 24.0 Å². The van der Waals surface area contributed by atoms with Crippen molar-refractivity contribution in [3.8, 4) is 0 Å². The molecule has 0 spiro atoms. The average Bonchev–Trinajstić information content (AvgIpc) is 3.10.